The van der Waals surface area contributed by atoms with Crippen molar-refractivity contribution in [3.63, 3.8) is 0 Å². The van der Waals surface area contributed by atoms with Crippen molar-refractivity contribution in [1.82, 2.24) is 25.1 Å². The Morgan fingerprint density at radius 3 is 2.77 bits per heavy atom. The Morgan fingerprint density at radius 2 is 2.05 bits per heavy atom. The van der Waals surface area contributed by atoms with Gasteiger partial charge in [-0.15, -0.1) is 10.2 Å². The van der Waals surface area contributed by atoms with Crippen LogP contribution in [-0.2, 0) is 0 Å². The molecular formula is C14H11BrN6S. The summed E-state index contributed by atoms with van der Waals surface area (Å²) in [4.78, 5) is 0. The Kier molecular flexibility index (Phi) is 3.34. The quantitative estimate of drug-likeness (QED) is 0.747. The van der Waals surface area contributed by atoms with Gasteiger partial charge in [0.2, 0.25) is 11.0 Å². The fraction of sp³-hybridized carbons (Fsp3) is 0.143. The minimum Gasteiger partial charge on any atom is -0.282 e. The highest BCUT2D eigenvalue weighted by atomic mass is 79.9. The lowest BCUT2D eigenvalue weighted by atomic mass is 10.1. The highest BCUT2D eigenvalue weighted by molar-refractivity contribution is 9.10. The molecule has 0 spiro atoms. The van der Waals surface area contributed by atoms with E-state index in [0.29, 0.717) is 5.82 Å². The van der Waals surface area contributed by atoms with Crippen LogP contribution in [0, 0.1) is 6.92 Å². The van der Waals surface area contributed by atoms with Crippen LogP contribution in [0.4, 0.5) is 0 Å². The summed E-state index contributed by atoms with van der Waals surface area (Å²) in [6, 6.07) is 10.1. The molecule has 0 amide bonds. The summed E-state index contributed by atoms with van der Waals surface area (Å²) in [5.41, 5.74) is 3.82. The van der Waals surface area contributed by atoms with Crippen molar-refractivity contribution in [2.75, 3.05) is 5.75 Å². The van der Waals surface area contributed by atoms with Crippen LogP contribution in [0.25, 0.3) is 11.5 Å². The minimum atomic E-state index is 0.654. The van der Waals surface area contributed by atoms with E-state index in [-0.39, 0.29) is 0 Å². The number of aryl methyl sites for hydroxylation is 1. The van der Waals surface area contributed by atoms with E-state index in [1.54, 1.807) is 16.4 Å². The van der Waals surface area contributed by atoms with Crippen LogP contribution in [0.5, 0.6) is 0 Å². The fourth-order valence-corrected chi connectivity index (χ4v) is 3.31. The van der Waals surface area contributed by atoms with Crippen LogP contribution in [0.15, 0.2) is 45.1 Å². The van der Waals surface area contributed by atoms with E-state index in [4.69, 9.17) is 5.10 Å². The third-order valence-electron chi connectivity index (χ3n) is 3.28. The van der Waals surface area contributed by atoms with Crippen molar-refractivity contribution < 1.29 is 0 Å². The van der Waals surface area contributed by atoms with Crippen molar-refractivity contribution in [2.45, 2.75) is 12.1 Å². The Hall–Kier alpha value is -1.93. The molecular weight excluding hydrogens is 364 g/mol. The average Bonchev–Trinajstić information content (AvgIpc) is 3.13. The first-order valence-corrected chi connectivity index (χ1v) is 8.43. The van der Waals surface area contributed by atoms with E-state index < -0.39 is 0 Å². The highest BCUT2D eigenvalue weighted by Gasteiger charge is 2.21. The number of thioether (sulfide) groups is 1. The summed E-state index contributed by atoms with van der Waals surface area (Å²) in [6.45, 7) is 1.95. The van der Waals surface area contributed by atoms with Gasteiger partial charge in [-0.1, -0.05) is 39.8 Å². The van der Waals surface area contributed by atoms with Crippen LogP contribution in [0.3, 0.4) is 0 Å². The van der Waals surface area contributed by atoms with Crippen molar-refractivity contribution in [2.24, 2.45) is 5.10 Å². The number of aromatic nitrogens is 5. The number of rotatable bonds is 2. The van der Waals surface area contributed by atoms with E-state index in [1.165, 1.54) is 0 Å². The molecule has 1 aliphatic heterocycles. The zero-order valence-corrected chi connectivity index (χ0v) is 14.0. The van der Waals surface area contributed by atoms with Crippen molar-refractivity contribution in [3.8, 4) is 11.5 Å². The average molecular weight is 375 g/mol. The van der Waals surface area contributed by atoms with Crippen LogP contribution < -0.4 is 0 Å². The second-order valence-electron chi connectivity index (χ2n) is 4.90. The van der Waals surface area contributed by atoms with Crippen LogP contribution in [-0.4, -0.2) is 36.5 Å². The molecule has 8 heteroatoms. The topological polar surface area (TPSA) is 71.8 Å². The molecule has 110 valence electrons. The number of hydrogen-bond donors (Lipinski definition) is 1. The fourth-order valence-electron chi connectivity index (χ4n) is 2.20. The zero-order valence-electron chi connectivity index (χ0n) is 11.6. The number of H-pyrrole nitrogens is 1. The third-order valence-corrected chi connectivity index (χ3v) is 4.74. The van der Waals surface area contributed by atoms with Gasteiger partial charge in [-0.2, -0.15) is 14.9 Å². The lowest BCUT2D eigenvalue weighted by Crippen LogP contribution is -2.13. The van der Waals surface area contributed by atoms with Gasteiger partial charge in [0.15, 0.2) is 0 Å². The van der Waals surface area contributed by atoms with E-state index in [2.05, 4.69) is 48.5 Å². The van der Waals surface area contributed by atoms with Gasteiger partial charge in [0.05, 0.1) is 5.71 Å². The van der Waals surface area contributed by atoms with Crippen LogP contribution in [0.1, 0.15) is 11.3 Å². The molecule has 4 rings (SSSR count). The molecule has 0 aliphatic carbocycles. The first kappa shape index (κ1) is 13.7. The van der Waals surface area contributed by atoms with Gasteiger partial charge in [0.25, 0.3) is 0 Å². The molecule has 0 saturated carbocycles. The van der Waals surface area contributed by atoms with E-state index in [9.17, 15) is 0 Å². The molecule has 3 heterocycles. The molecule has 0 atom stereocenters. The van der Waals surface area contributed by atoms with Gasteiger partial charge >= 0.3 is 0 Å². The molecule has 2 aromatic heterocycles. The molecule has 1 N–H and O–H groups in total. The maximum Gasteiger partial charge on any atom is 0.212 e. The normalized spacial score (nSPS) is 13.8. The molecule has 22 heavy (non-hydrogen) atoms. The van der Waals surface area contributed by atoms with Crippen LogP contribution in [0.2, 0.25) is 0 Å². The third kappa shape index (κ3) is 2.38. The van der Waals surface area contributed by atoms with Gasteiger partial charge in [-0.05, 0) is 30.7 Å². The summed E-state index contributed by atoms with van der Waals surface area (Å²) < 4.78 is 2.82. The second-order valence-corrected chi connectivity index (χ2v) is 6.75. The van der Waals surface area contributed by atoms with Crippen molar-refractivity contribution >= 4 is 33.4 Å². The Bertz CT molecular complexity index is 864. The number of hydrogen-bond acceptors (Lipinski definition) is 5. The maximum atomic E-state index is 4.71. The number of aromatic amines is 1. The van der Waals surface area contributed by atoms with Gasteiger partial charge < -0.3 is 0 Å². The minimum absolute atomic E-state index is 0.654. The monoisotopic (exact) mass is 374 g/mol. The Balaban J connectivity index is 1.78. The molecule has 3 aromatic rings. The Morgan fingerprint density at radius 1 is 1.23 bits per heavy atom. The van der Waals surface area contributed by atoms with E-state index in [1.807, 2.05) is 25.1 Å². The SMILES string of the molecule is Cc1cc(-c2nnc3n2N=C(c2ccc(Br)cc2)CS3)n[nH]1. The number of fused-ring (bicyclic) bond motifs is 1. The number of halogens is 1. The second kappa shape index (κ2) is 5.36. The standard InChI is InChI=1S/C14H11BrN6S/c1-8-6-11(17-16-8)13-18-19-14-21(13)20-12(7-22-14)9-2-4-10(15)5-3-9/h2-6H,7H2,1H3,(H,16,17). The van der Waals surface area contributed by atoms with Gasteiger partial charge in [-0.3, -0.25) is 5.10 Å². The predicted octanol–water partition coefficient (Wildman–Crippen LogP) is 3.10. The van der Waals surface area contributed by atoms with E-state index in [0.717, 1.165) is 38.0 Å². The summed E-state index contributed by atoms with van der Waals surface area (Å²) in [5, 5.41) is 21.1. The maximum absolute atomic E-state index is 4.71. The molecule has 0 unspecified atom stereocenters. The van der Waals surface area contributed by atoms with Crippen molar-refractivity contribution in [1.29, 1.82) is 0 Å². The number of nitrogens with zero attached hydrogens (tertiary/aromatic N) is 5. The lowest BCUT2D eigenvalue weighted by molar-refractivity contribution is 0.760. The zero-order chi connectivity index (χ0) is 15.1. The first-order chi connectivity index (χ1) is 10.7. The summed E-state index contributed by atoms with van der Waals surface area (Å²) in [6.07, 6.45) is 0. The molecule has 0 saturated heterocycles. The molecule has 0 fully saturated rings. The van der Waals surface area contributed by atoms with E-state index >= 15 is 0 Å². The molecule has 0 radical (unpaired) electrons. The molecule has 1 aromatic carbocycles. The first-order valence-electron chi connectivity index (χ1n) is 6.65. The Labute approximate surface area is 139 Å². The van der Waals surface area contributed by atoms with Crippen molar-refractivity contribution in [3.05, 3.63) is 46.1 Å². The lowest BCUT2D eigenvalue weighted by Gasteiger charge is -2.13. The summed E-state index contributed by atoms with van der Waals surface area (Å²) in [7, 11) is 0. The smallest absolute Gasteiger partial charge is 0.212 e. The van der Waals surface area contributed by atoms with Gasteiger partial charge in [0, 0.05) is 15.9 Å². The molecule has 1 aliphatic rings. The van der Waals surface area contributed by atoms with Gasteiger partial charge in [-0.25, -0.2) is 0 Å². The number of benzene rings is 1. The summed E-state index contributed by atoms with van der Waals surface area (Å²) in [5.74, 6) is 1.43. The largest absolute Gasteiger partial charge is 0.282 e. The van der Waals surface area contributed by atoms with Gasteiger partial charge in [0.1, 0.15) is 5.69 Å². The van der Waals surface area contributed by atoms with Crippen LogP contribution >= 0.6 is 27.7 Å². The summed E-state index contributed by atoms with van der Waals surface area (Å²) >= 11 is 5.08. The highest BCUT2D eigenvalue weighted by Crippen LogP contribution is 2.28. The number of nitrogens with one attached hydrogen (secondary N) is 1. The predicted molar refractivity (Wildman–Crippen MR) is 89.1 cm³/mol. The molecule has 0 bridgehead atoms. The molecule has 6 nitrogen and oxygen atoms in total.